The Morgan fingerprint density at radius 2 is 1.63 bits per heavy atom. The standard InChI is InChI=1S/C22H20N2O5S/c1-28-18-12-19(29-2)14-21(13-18)30(26,27)20-8-6-17(7-9-20)24-22(25)10-5-16-4-3-11-23-15-16/h3-15H,1-2H3,(H,24,25)/b10-5+. The van der Waals surface area contributed by atoms with E-state index >= 15 is 0 Å². The molecule has 30 heavy (non-hydrogen) atoms. The summed E-state index contributed by atoms with van der Waals surface area (Å²) >= 11 is 0. The van der Waals surface area contributed by atoms with Crippen LogP contribution in [0, 0.1) is 0 Å². The van der Waals surface area contributed by atoms with Crippen LogP contribution >= 0.6 is 0 Å². The maximum absolute atomic E-state index is 12.9. The lowest BCUT2D eigenvalue weighted by Gasteiger charge is -2.10. The molecule has 1 heterocycles. The first-order chi connectivity index (χ1) is 14.4. The normalized spacial score (nSPS) is 11.3. The van der Waals surface area contributed by atoms with E-state index in [9.17, 15) is 13.2 Å². The number of amides is 1. The number of carbonyl (C=O) groups is 1. The quantitative estimate of drug-likeness (QED) is 0.583. The van der Waals surface area contributed by atoms with Crippen LogP contribution in [0.4, 0.5) is 5.69 Å². The number of benzene rings is 2. The van der Waals surface area contributed by atoms with Gasteiger partial charge in [0.05, 0.1) is 24.0 Å². The summed E-state index contributed by atoms with van der Waals surface area (Å²) in [6.45, 7) is 0. The van der Waals surface area contributed by atoms with Crippen LogP contribution in [0.15, 0.2) is 82.9 Å². The van der Waals surface area contributed by atoms with Gasteiger partial charge in [-0.05, 0) is 54.1 Å². The van der Waals surface area contributed by atoms with Crippen LogP contribution in [0.2, 0.25) is 0 Å². The third-order valence-corrected chi connectivity index (χ3v) is 5.93. The van der Waals surface area contributed by atoms with Crippen LogP contribution in [0.25, 0.3) is 6.08 Å². The Kier molecular flexibility index (Phi) is 6.48. The van der Waals surface area contributed by atoms with Gasteiger partial charge in [0.25, 0.3) is 0 Å². The number of ether oxygens (including phenoxy) is 2. The van der Waals surface area contributed by atoms with Crippen LogP contribution in [-0.2, 0) is 14.6 Å². The highest BCUT2D eigenvalue weighted by Crippen LogP contribution is 2.29. The topological polar surface area (TPSA) is 94.6 Å². The van der Waals surface area contributed by atoms with Gasteiger partial charge < -0.3 is 14.8 Å². The van der Waals surface area contributed by atoms with E-state index in [0.717, 1.165) is 5.56 Å². The number of carbonyl (C=O) groups excluding carboxylic acids is 1. The van der Waals surface area contributed by atoms with E-state index in [1.807, 2.05) is 6.07 Å². The zero-order chi connectivity index (χ0) is 21.6. The molecule has 3 aromatic rings. The molecule has 1 aromatic heterocycles. The van der Waals surface area contributed by atoms with E-state index in [4.69, 9.17) is 9.47 Å². The summed E-state index contributed by atoms with van der Waals surface area (Å²) in [5.74, 6) is 0.404. The Labute approximate surface area is 174 Å². The molecule has 0 spiro atoms. The Morgan fingerprint density at radius 3 is 2.20 bits per heavy atom. The predicted octanol–water partition coefficient (Wildman–Crippen LogP) is 3.58. The molecule has 2 aromatic carbocycles. The van der Waals surface area contributed by atoms with Crippen molar-refractivity contribution in [3.8, 4) is 11.5 Å². The molecule has 0 saturated carbocycles. The van der Waals surface area contributed by atoms with Crippen molar-refractivity contribution in [1.82, 2.24) is 4.98 Å². The molecule has 0 radical (unpaired) electrons. The minimum atomic E-state index is -3.79. The average Bonchev–Trinajstić information content (AvgIpc) is 2.78. The van der Waals surface area contributed by atoms with Crippen molar-refractivity contribution in [2.24, 2.45) is 0 Å². The van der Waals surface area contributed by atoms with Gasteiger partial charge in [-0.3, -0.25) is 9.78 Å². The lowest BCUT2D eigenvalue weighted by molar-refractivity contribution is -0.111. The fourth-order valence-corrected chi connectivity index (χ4v) is 3.93. The van der Waals surface area contributed by atoms with Gasteiger partial charge in [-0.25, -0.2) is 8.42 Å². The van der Waals surface area contributed by atoms with E-state index in [2.05, 4.69) is 10.3 Å². The van der Waals surface area contributed by atoms with Crippen molar-refractivity contribution in [3.63, 3.8) is 0 Å². The SMILES string of the molecule is COc1cc(OC)cc(S(=O)(=O)c2ccc(NC(=O)/C=C/c3cccnc3)cc2)c1. The largest absolute Gasteiger partial charge is 0.497 e. The van der Waals surface area contributed by atoms with Crippen molar-refractivity contribution in [2.75, 3.05) is 19.5 Å². The lowest BCUT2D eigenvalue weighted by atomic mass is 10.2. The van der Waals surface area contributed by atoms with Crippen molar-refractivity contribution in [2.45, 2.75) is 9.79 Å². The second-order valence-electron chi connectivity index (χ2n) is 6.19. The molecule has 7 nitrogen and oxygen atoms in total. The minimum absolute atomic E-state index is 0.0508. The molecule has 0 saturated heterocycles. The molecule has 1 amide bonds. The van der Waals surface area contributed by atoms with Gasteiger partial charge in [-0.15, -0.1) is 0 Å². The Morgan fingerprint density at radius 1 is 0.967 bits per heavy atom. The van der Waals surface area contributed by atoms with Crippen LogP contribution in [0.1, 0.15) is 5.56 Å². The summed E-state index contributed by atoms with van der Waals surface area (Å²) in [5.41, 5.74) is 1.26. The molecule has 0 aliphatic rings. The van der Waals surface area contributed by atoms with Crippen LogP contribution in [-0.4, -0.2) is 33.5 Å². The highest BCUT2D eigenvalue weighted by molar-refractivity contribution is 7.91. The van der Waals surface area contributed by atoms with E-state index in [1.165, 1.54) is 56.7 Å². The number of pyridine rings is 1. The first kappa shape index (κ1) is 21.1. The zero-order valence-corrected chi connectivity index (χ0v) is 17.2. The fourth-order valence-electron chi connectivity index (χ4n) is 2.62. The van der Waals surface area contributed by atoms with Gasteiger partial charge in [0.1, 0.15) is 11.5 Å². The minimum Gasteiger partial charge on any atom is -0.497 e. The summed E-state index contributed by atoms with van der Waals surface area (Å²) in [6.07, 6.45) is 6.30. The molecule has 0 aliphatic heterocycles. The number of sulfone groups is 1. The molecule has 0 aliphatic carbocycles. The van der Waals surface area contributed by atoms with E-state index in [1.54, 1.807) is 30.6 Å². The molecular formula is C22H20N2O5S. The third kappa shape index (κ3) is 5.03. The lowest BCUT2D eigenvalue weighted by Crippen LogP contribution is -2.08. The molecular weight excluding hydrogens is 404 g/mol. The van der Waals surface area contributed by atoms with Crippen molar-refractivity contribution in [3.05, 3.63) is 78.6 Å². The smallest absolute Gasteiger partial charge is 0.248 e. The highest BCUT2D eigenvalue weighted by atomic mass is 32.2. The maximum Gasteiger partial charge on any atom is 0.248 e. The van der Waals surface area contributed by atoms with Crippen LogP contribution in [0.5, 0.6) is 11.5 Å². The van der Waals surface area contributed by atoms with Crippen molar-refractivity contribution in [1.29, 1.82) is 0 Å². The summed E-state index contributed by atoms with van der Waals surface area (Å²) in [7, 11) is -0.890. The molecule has 0 fully saturated rings. The third-order valence-electron chi connectivity index (χ3n) is 4.18. The number of aromatic nitrogens is 1. The number of nitrogens with zero attached hydrogens (tertiary/aromatic N) is 1. The molecule has 8 heteroatoms. The molecule has 0 bridgehead atoms. The van der Waals surface area contributed by atoms with Crippen LogP contribution < -0.4 is 14.8 Å². The molecule has 0 atom stereocenters. The molecule has 0 unspecified atom stereocenters. The second kappa shape index (κ2) is 9.23. The van der Waals surface area contributed by atoms with Gasteiger partial charge in [0.15, 0.2) is 0 Å². The summed E-state index contributed by atoms with van der Waals surface area (Å²) in [6, 6.07) is 14.0. The fraction of sp³-hybridized carbons (Fsp3) is 0.0909. The summed E-state index contributed by atoms with van der Waals surface area (Å²) in [4.78, 5) is 16.2. The van der Waals surface area contributed by atoms with Crippen molar-refractivity contribution >= 4 is 27.5 Å². The molecule has 154 valence electrons. The molecule has 1 N–H and O–H groups in total. The van der Waals surface area contributed by atoms with Crippen LogP contribution in [0.3, 0.4) is 0 Å². The number of hydrogen-bond donors (Lipinski definition) is 1. The van der Waals surface area contributed by atoms with E-state index < -0.39 is 9.84 Å². The Hall–Kier alpha value is -3.65. The Bertz CT molecular complexity index is 1140. The first-order valence-electron chi connectivity index (χ1n) is 8.89. The number of hydrogen-bond acceptors (Lipinski definition) is 6. The number of anilines is 1. The molecule has 3 rings (SSSR count). The van der Waals surface area contributed by atoms with Gasteiger partial charge in [-0.1, -0.05) is 6.07 Å². The first-order valence-corrected chi connectivity index (χ1v) is 10.4. The van der Waals surface area contributed by atoms with E-state index in [0.29, 0.717) is 17.2 Å². The number of rotatable bonds is 7. The van der Waals surface area contributed by atoms with Gasteiger partial charge in [0, 0.05) is 30.2 Å². The van der Waals surface area contributed by atoms with E-state index in [-0.39, 0.29) is 15.7 Å². The van der Waals surface area contributed by atoms with Gasteiger partial charge in [-0.2, -0.15) is 0 Å². The number of methoxy groups -OCH3 is 2. The summed E-state index contributed by atoms with van der Waals surface area (Å²) in [5, 5.41) is 2.69. The van der Waals surface area contributed by atoms with Gasteiger partial charge >= 0.3 is 0 Å². The monoisotopic (exact) mass is 424 g/mol. The second-order valence-corrected chi connectivity index (χ2v) is 8.13. The number of nitrogens with one attached hydrogen (secondary N) is 1. The average molecular weight is 424 g/mol. The summed E-state index contributed by atoms with van der Waals surface area (Å²) < 4.78 is 36.2. The highest BCUT2D eigenvalue weighted by Gasteiger charge is 2.20. The maximum atomic E-state index is 12.9. The Balaban J connectivity index is 1.76. The van der Waals surface area contributed by atoms with Gasteiger partial charge in [0.2, 0.25) is 15.7 Å². The predicted molar refractivity (Wildman–Crippen MR) is 113 cm³/mol. The van der Waals surface area contributed by atoms with Crippen molar-refractivity contribution < 1.29 is 22.7 Å². The zero-order valence-electron chi connectivity index (χ0n) is 16.4.